The van der Waals surface area contributed by atoms with Crippen LogP contribution in [-0.4, -0.2) is 29.7 Å². The van der Waals surface area contributed by atoms with Gasteiger partial charge in [0, 0.05) is 36.4 Å². The van der Waals surface area contributed by atoms with Crippen LogP contribution in [0.4, 0.5) is 13.2 Å². The monoisotopic (exact) mass is 566 g/mol. The van der Waals surface area contributed by atoms with Crippen molar-refractivity contribution < 1.29 is 13.2 Å². The van der Waals surface area contributed by atoms with Crippen LogP contribution >= 0.6 is 0 Å². The zero-order valence-electron chi connectivity index (χ0n) is 24.2. The van der Waals surface area contributed by atoms with Gasteiger partial charge >= 0.3 is 6.18 Å². The molecule has 3 heterocycles. The van der Waals surface area contributed by atoms with Gasteiger partial charge in [-0.2, -0.15) is 13.2 Å². The third kappa shape index (κ3) is 4.54. The number of nitrogens with one attached hydrogen (secondary N) is 1. The molecule has 3 unspecified atom stereocenters. The van der Waals surface area contributed by atoms with Crippen molar-refractivity contribution in [1.29, 1.82) is 0 Å². The Morgan fingerprint density at radius 3 is 2.51 bits per heavy atom. The van der Waals surface area contributed by atoms with E-state index in [2.05, 4.69) is 47.3 Å². The SMILES string of the molecule is CC(NC1(C)CCC1)c1cc(C(F)(F)F)c2ncc(C3=CC=CC([C@]4(c5nncn5C)C[C@@H](C)C4)C3C)c(=O)n2c1. The van der Waals surface area contributed by atoms with Crippen molar-refractivity contribution in [2.24, 2.45) is 24.8 Å². The predicted molar refractivity (Wildman–Crippen MR) is 151 cm³/mol. The number of allylic oxidation sites excluding steroid dienone is 4. The lowest BCUT2D eigenvalue weighted by atomic mass is 9.52. The first-order valence-electron chi connectivity index (χ1n) is 14.5. The minimum absolute atomic E-state index is 0.0474. The molecule has 3 aromatic rings. The van der Waals surface area contributed by atoms with E-state index in [9.17, 15) is 18.0 Å². The first-order valence-corrected chi connectivity index (χ1v) is 14.5. The Morgan fingerprint density at radius 1 is 1.20 bits per heavy atom. The number of nitrogens with zero attached hydrogens (tertiary/aromatic N) is 5. The molecule has 2 saturated carbocycles. The zero-order chi connectivity index (χ0) is 29.3. The number of rotatable bonds is 6. The normalized spacial score (nSPS) is 28.2. The first-order chi connectivity index (χ1) is 19.3. The van der Waals surface area contributed by atoms with E-state index in [0.717, 1.165) is 54.0 Å². The Kier molecular flexibility index (Phi) is 6.56. The molecule has 6 rings (SSSR count). The average Bonchev–Trinajstić information content (AvgIpc) is 3.31. The third-order valence-corrected chi connectivity index (χ3v) is 9.81. The van der Waals surface area contributed by atoms with Gasteiger partial charge in [-0.1, -0.05) is 32.1 Å². The molecule has 0 amide bonds. The summed E-state index contributed by atoms with van der Waals surface area (Å²) >= 11 is 0. The number of hydrogen-bond donors (Lipinski definition) is 1. The van der Waals surface area contributed by atoms with Crippen LogP contribution in [-0.2, 0) is 18.6 Å². The van der Waals surface area contributed by atoms with Crippen LogP contribution in [0, 0.1) is 17.8 Å². The highest BCUT2D eigenvalue weighted by atomic mass is 19.4. The summed E-state index contributed by atoms with van der Waals surface area (Å²) in [7, 11) is 1.95. The summed E-state index contributed by atoms with van der Waals surface area (Å²) in [4.78, 5) is 18.2. The van der Waals surface area contributed by atoms with Crippen molar-refractivity contribution in [2.75, 3.05) is 0 Å². The molecule has 0 spiro atoms. The van der Waals surface area contributed by atoms with E-state index in [1.54, 1.807) is 6.33 Å². The standard InChI is InChI=1S/C31H37F3N6O/c1-18-13-30(14-18,28-38-36-17-39(28)5)24-9-6-8-22(19(24)2)23-15-35-26-25(31(32,33)34)12-21(16-40(26)27(23)41)20(3)37-29(4)10-7-11-29/h6,8-9,12,15-20,24,37H,7,10-11,13-14H2,1-5H3/t18-,19?,20?,24?,30+. The van der Waals surface area contributed by atoms with Crippen LogP contribution in [0.5, 0.6) is 0 Å². The van der Waals surface area contributed by atoms with Gasteiger partial charge in [-0.25, -0.2) is 4.98 Å². The van der Waals surface area contributed by atoms with Crippen LogP contribution in [0.3, 0.4) is 0 Å². The lowest BCUT2D eigenvalue weighted by molar-refractivity contribution is -0.136. The summed E-state index contributed by atoms with van der Waals surface area (Å²) in [5, 5.41) is 12.1. The van der Waals surface area contributed by atoms with Gasteiger partial charge in [0.1, 0.15) is 12.2 Å². The summed E-state index contributed by atoms with van der Waals surface area (Å²) < 4.78 is 45.8. The Balaban J connectivity index is 1.42. The summed E-state index contributed by atoms with van der Waals surface area (Å²) in [5.41, 5.74) is -0.608. The molecule has 218 valence electrons. The van der Waals surface area contributed by atoms with Gasteiger partial charge in [0.25, 0.3) is 5.56 Å². The van der Waals surface area contributed by atoms with Gasteiger partial charge in [-0.15, -0.1) is 10.2 Å². The molecule has 10 heteroatoms. The molecular formula is C31H37F3N6O. The maximum atomic E-state index is 14.2. The summed E-state index contributed by atoms with van der Waals surface area (Å²) in [6, 6.07) is 0.763. The molecule has 0 radical (unpaired) electrons. The van der Waals surface area contributed by atoms with Crippen molar-refractivity contribution in [3.63, 3.8) is 0 Å². The second-order valence-corrected chi connectivity index (χ2v) is 12.9. The van der Waals surface area contributed by atoms with Gasteiger partial charge < -0.3 is 9.88 Å². The summed E-state index contributed by atoms with van der Waals surface area (Å²) in [5.74, 6) is 1.42. The fourth-order valence-electron chi connectivity index (χ4n) is 7.62. The maximum Gasteiger partial charge on any atom is 0.419 e. The van der Waals surface area contributed by atoms with Crippen molar-refractivity contribution in [1.82, 2.24) is 29.5 Å². The molecule has 0 aromatic carbocycles. The second kappa shape index (κ2) is 9.64. The summed E-state index contributed by atoms with van der Waals surface area (Å²) in [6.07, 6.45) is 10.9. The molecular weight excluding hydrogens is 529 g/mol. The molecule has 0 saturated heterocycles. The van der Waals surface area contributed by atoms with E-state index >= 15 is 0 Å². The molecule has 0 aliphatic heterocycles. The largest absolute Gasteiger partial charge is 0.419 e. The van der Waals surface area contributed by atoms with Crippen molar-refractivity contribution in [2.45, 2.75) is 83.0 Å². The number of aromatic nitrogens is 5. The van der Waals surface area contributed by atoms with Crippen LogP contribution in [0.25, 0.3) is 11.2 Å². The van der Waals surface area contributed by atoms with Crippen LogP contribution in [0.1, 0.15) is 88.4 Å². The highest BCUT2D eigenvalue weighted by Gasteiger charge is 2.53. The molecule has 41 heavy (non-hydrogen) atoms. The van der Waals surface area contributed by atoms with E-state index in [4.69, 9.17) is 0 Å². The molecule has 0 bridgehead atoms. The highest BCUT2D eigenvalue weighted by Crippen LogP contribution is 2.56. The number of alkyl halides is 3. The number of pyridine rings is 1. The van der Waals surface area contributed by atoms with Crippen LogP contribution in [0.2, 0.25) is 0 Å². The Hall–Kier alpha value is -3.27. The van der Waals surface area contributed by atoms with Crippen molar-refractivity contribution in [3.05, 3.63) is 75.9 Å². The lowest BCUT2D eigenvalue weighted by Crippen LogP contribution is -2.50. The van der Waals surface area contributed by atoms with E-state index in [-0.39, 0.29) is 34.5 Å². The molecule has 3 aromatic heterocycles. The minimum Gasteiger partial charge on any atom is -0.320 e. The quantitative estimate of drug-likeness (QED) is 0.396. The lowest BCUT2D eigenvalue weighted by Gasteiger charge is -2.52. The third-order valence-electron chi connectivity index (χ3n) is 9.81. The Bertz CT molecular complexity index is 1610. The molecule has 2 fully saturated rings. The topological polar surface area (TPSA) is 77.1 Å². The predicted octanol–water partition coefficient (Wildman–Crippen LogP) is 6.01. The fourth-order valence-corrected chi connectivity index (χ4v) is 7.62. The van der Waals surface area contributed by atoms with Crippen molar-refractivity contribution >= 4 is 11.2 Å². The van der Waals surface area contributed by atoms with E-state index in [1.807, 2.05) is 30.7 Å². The maximum absolute atomic E-state index is 14.2. The number of fused-ring (bicyclic) bond motifs is 1. The molecule has 3 atom stereocenters. The van der Waals surface area contributed by atoms with Crippen LogP contribution < -0.4 is 10.9 Å². The van der Waals surface area contributed by atoms with E-state index in [0.29, 0.717) is 17.0 Å². The Morgan fingerprint density at radius 2 is 1.93 bits per heavy atom. The summed E-state index contributed by atoms with van der Waals surface area (Å²) in [6.45, 7) is 8.24. The van der Waals surface area contributed by atoms with Gasteiger partial charge in [0.15, 0.2) is 5.65 Å². The van der Waals surface area contributed by atoms with Gasteiger partial charge in [0.05, 0.1) is 11.1 Å². The van der Waals surface area contributed by atoms with E-state index in [1.165, 1.54) is 12.4 Å². The molecule has 3 aliphatic rings. The zero-order valence-corrected chi connectivity index (χ0v) is 24.2. The molecule has 7 nitrogen and oxygen atoms in total. The van der Waals surface area contributed by atoms with Crippen LogP contribution in [0.15, 0.2) is 47.8 Å². The number of halogens is 3. The molecule has 3 aliphatic carbocycles. The first kappa shape index (κ1) is 27.9. The van der Waals surface area contributed by atoms with Gasteiger partial charge in [0.2, 0.25) is 0 Å². The van der Waals surface area contributed by atoms with Gasteiger partial charge in [-0.3, -0.25) is 9.20 Å². The molecule has 1 N–H and O–H groups in total. The van der Waals surface area contributed by atoms with E-state index < -0.39 is 17.3 Å². The minimum atomic E-state index is -4.66. The van der Waals surface area contributed by atoms with Gasteiger partial charge in [-0.05, 0) is 80.9 Å². The highest BCUT2D eigenvalue weighted by molar-refractivity contribution is 5.71. The average molecular weight is 567 g/mol. The number of hydrogen-bond acceptors (Lipinski definition) is 5. The fraction of sp³-hybridized carbons (Fsp3) is 0.548. The van der Waals surface area contributed by atoms with Crippen molar-refractivity contribution in [3.8, 4) is 0 Å². The number of aryl methyl sites for hydroxylation is 1. The second-order valence-electron chi connectivity index (χ2n) is 12.9. The smallest absolute Gasteiger partial charge is 0.320 e. The Labute approximate surface area is 237 Å².